The molecule has 0 saturated carbocycles. The second-order valence-corrected chi connectivity index (χ2v) is 8.94. The summed E-state index contributed by atoms with van der Waals surface area (Å²) in [5, 5.41) is 9.07. The van der Waals surface area contributed by atoms with Gasteiger partial charge in [-0.25, -0.2) is 0 Å². The molecule has 1 aliphatic carbocycles. The van der Waals surface area contributed by atoms with Crippen LogP contribution >= 0.6 is 11.3 Å². The van der Waals surface area contributed by atoms with Crippen molar-refractivity contribution in [3.8, 4) is 5.75 Å². The molecule has 3 aromatic rings. The Morgan fingerprint density at radius 2 is 1.82 bits per heavy atom. The van der Waals surface area contributed by atoms with E-state index in [4.69, 9.17) is 4.74 Å². The maximum atomic E-state index is 13.3. The zero-order valence-corrected chi connectivity index (χ0v) is 19.7. The molecule has 8 nitrogen and oxygen atoms in total. The molecule has 2 aromatic heterocycles. The summed E-state index contributed by atoms with van der Waals surface area (Å²) in [6.45, 7) is 2.32. The molecular weight excluding hydrogens is 452 g/mol. The summed E-state index contributed by atoms with van der Waals surface area (Å²) < 4.78 is 5.46. The van der Waals surface area contributed by atoms with E-state index < -0.39 is 0 Å². The van der Waals surface area contributed by atoms with Crippen LogP contribution in [0.15, 0.2) is 48.8 Å². The number of likely N-dealkylation sites (N-methyl/N-ethyl adjacent to an activating group) is 1. The molecule has 0 fully saturated rings. The minimum Gasteiger partial charge on any atom is -0.484 e. The van der Waals surface area contributed by atoms with Crippen LogP contribution in [0.4, 0.5) is 10.7 Å². The van der Waals surface area contributed by atoms with Crippen LogP contribution in [0.5, 0.6) is 5.75 Å². The van der Waals surface area contributed by atoms with Gasteiger partial charge in [-0.1, -0.05) is 0 Å². The summed E-state index contributed by atoms with van der Waals surface area (Å²) in [7, 11) is 0. The van der Waals surface area contributed by atoms with Gasteiger partial charge >= 0.3 is 0 Å². The van der Waals surface area contributed by atoms with Gasteiger partial charge in [0.2, 0.25) is 0 Å². The summed E-state index contributed by atoms with van der Waals surface area (Å²) >= 11 is 1.47. The topological polar surface area (TPSA) is 109 Å². The number of carbonyl (C=O) groups is 3. The Balaban J connectivity index is 1.49. The summed E-state index contributed by atoms with van der Waals surface area (Å²) in [4.78, 5) is 42.7. The summed E-state index contributed by atoms with van der Waals surface area (Å²) in [5.74, 6) is -0.226. The Bertz CT molecular complexity index is 1180. The normalized spacial score (nSPS) is 12.4. The van der Waals surface area contributed by atoms with Crippen LogP contribution < -0.4 is 20.7 Å². The molecule has 34 heavy (non-hydrogen) atoms. The van der Waals surface area contributed by atoms with Gasteiger partial charge in [-0.2, -0.15) is 0 Å². The number of nitrogens with one attached hydrogen (secondary N) is 3. The highest BCUT2D eigenvalue weighted by atomic mass is 32.1. The molecule has 9 heteroatoms. The summed E-state index contributed by atoms with van der Waals surface area (Å²) in [6.07, 6.45) is 6.90. The Labute approximate surface area is 201 Å². The smallest absolute Gasteiger partial charge is 0.258 e. The molecule has 1 aromatic carbocycles. The standard InChI is InChI=1S/C25H26N4O4S/c1-2-27-21(30)15-33-18-11-9-17(10-12-18)28-24(32)22-19-7-3-4-8-20(19)34-25(22)29-23(31)16-6-5-13-26-14-16/h5-6,9-14H,2-4,7-8,15H2,1H3,(H,27,30)(H,28,32)(H,29,31). The van der Waals surface area contributed by atoms with Crippen molar-refractivity contribution in [1.29, 1.82) is 0 Å². The van der Waals surface area contributed by atoms with Gasteiger partial charge in [-0.15, -0.1) is 11.3 Å². The molecule has 4 rings (SSSR count). The minimum absolute atomic E-state index is 0.0689. The maximum absolute atomic E-state index is 13.3. The number of fused-ring (bicyclic) bond motifs is 1. The number of anilines is 2. The Morgan fingerprint density at radius 3 is 2.56 bits per heavy atom. The first-order valence-electron chi connectivity index (χ1n) is 11.2. The number of carbonyl (C=O) groups excluding carboxylic acids is 3. The molecule has 1 aliphatic rings. The molecule has 0 spiro atoms. The van der Waals surface area contributed by atoms with Gasteiger partial charge in [0.05, 0.1) is 11.1 Å². The zero-order valence-electron chi connectivity index (χ0n) is 18.8. The molecular formula is C25H26N4O4S. The van der Waals surface area contributed by atoms with Gasteiger partial charge in [-0.05, 0) is 74.6 Å². The Hall–Kier alpha value is -3.72. The van der Waals surface area contributed by atoms with Gasteiger partial charge < -0.3 is 20.7 Å². The lowest BCUT2D eigenvalue weighted by atomic mass is 9.95. The molecule has 176 valence electrons. The van der Waals surface area contributed by atoms with E-state index in [0.29, 0.717) is 34.1 Å². The highest BCUT2D eigenvalue weighted by Gasteiger charge is 2.26. The molecule has 0 bridgehead atoms. The van der Waals surface area contributed by atoms with Crippen LogP contribution in [0.2, 0.25) is 0 Å². The van der Waals surface area contributed by atoms with E-state index in [1.165, 1.54) is 17.5 Å². The van der Waals surface area contributed by atoms with Crippen molar-refractivity contribution in [2.24, 2.45) is 0 Å². The number of thiophene rings is 1. The first-order valence-corrected chi connectivity index (χ1v) is 12.0. The van der Waals surface area contributed by atoms with Gasteiger partial charge in [0.1, 0.15) is 10.8 Å². The van der Waals surface area contributed by atoms with Crippen molar-refractivity contribution >= 4 is 39.7 Å². The maximum Gasteiger partial charge on any atom is 0.258 e. The number of hydrogen-bond acceptors (Lipinski definition) is 6. The fourth-order valence-corrected chi connectivity index (χ4v) is 5.07. The number of amides is 3. The lowest BCUT2D eigenvalue weighted by molar-refractivity contribution is -0.122. The summed E-state index contributed by atoms with van der Waals surface area (Å²) in [5.41, 5.74) is 2.56. The second kappa shape index (κ2) is 10.9. The SMILES string of the molecule is CCNC(=O)COc1ccc(NC(=O)c2c(NC(=O)c3cccnc3)sc3c2CCCC3)cc1. The predicted molar refractivity (Wildman–Crippen MR) is 132 cm³/mol. The van der Waals surface area contributed by atoms with Crippen LogP contribution in [0.1, 0.15) is 50.9 Å². The summed E-state index contributed by atoms with van der Waals surface area (Å²) in [6, 6.07) is 10.2. The van der Waals surface area contributed by atoms with Crippen molar-refractivity contribution < 1.29 is 19.1 Å². The van der Waals surface area contributed by atoms with Crippen LogP contribution in [-0.2, 0) is 17.6 Å². The van der Waals surface area contributed by atoms with E-state index in [1.807, 2.05) is 6.92 Å². The zero-order chi connectivity index (χ0) is 23.9. The number of aryl methyl sites for hydroxylation is 1. The van der Waals surface area contributed by atoms with Crippen molar-refractivity contribution in [2.75, 3.05) is 23.8 Å². The highest BCUT2D eigenvalue weighted by molar-refractivity contribution is 7.17. The number of nitrogens with zero attached hydrogens (tertiary/aromatic N) is 1. The average Bonchev–Trinajstić information content (AvgIpc) is 3.22. The lowest BCUT2D eigenvalue weighted by Crippen LogP contribution is -2.28. The van der Waals surface area contributed by atoms with E-state index >= 15 is 0 Å². The number of aromatic nitrogens is 1. The molecule has 3 N–H and O–H groups in total. The molecule has 0 radical (unpaired) electrons. The van der Waals surface area contributed by atoms with Crippen molar-refractivity contribution in [3.63, 3.8) is 0 Å². The van der Waals surface area contributed by atoms with Crippen LogP contribution in [0, 0.1) is 0 Å². The molecule has 0 atom stereocenters. The van der Waals surface area contributed by atoms with Crippen LogP contribution in [0.25, 0.3) is 0 Å². The van der Waals surface area contributed by atoms with Crippen molar-refractivity contribution in [3.05, 3.63) is 70.4 Å². The first kappa shape index (κ1) is 23.4. The van der Waals surface area contributed by atoms with Crippen molar-refractivity contribution in [2.45, 2.75) is 32.6 Å². The van der Waals surface area contributed by atoms with Gasteiger partial charge in [0, 0.05) is 29.5 Å². The van der Waals surface area contributed by atoms with Gasteiger partial charge in [0.25, 0.3) is 17.7 Å². The molecule has 0 saturated heterocycles. The van der Waals surface area contributed by atoms with Crippen LogP contribution in [0.3, 0.4) is 0 Å². The molecule has 0 aliphatic heterocycles. The Kier molecular flexibility index (Phi) is 7.54. The number of pyridine rings is 1. The van der Waals surface area contributed by atoms with E-state index in [9.17, 15) is 14.4 Å². The average molecular weight is 479 g/mol. The minimum atomic E-state index is -0.297. The monoisotopic (exact) mass is 478 g/mol. The van der Waals surface area contributed by atoms with Gasteiger partial charge in [0.15, 0.2) is 6.61 Å². The largest absolute Gasteiger partial charge is 0.484 e. The third-order valence-corrected chi connectivity index (χ3v) is 6.61. The second-order valence-electron chi connectivity index (χ2n) is 7.83. The van der Waals surface area contributed by atoms with E-state index in [0.717, 1.165) is 36.1 Å². The van der Waals surface area contributed by atoms with E-state index in [1.54, 1.807) is 42.6 Å². The number of benzene rings is 1. The van der Waals surface area contributed by atoms with Crippen molar-refractivity contribution in [1.82, 2.24) is 10.3 Å². The molecule has 3 amide bonds. The fraction of sp³-hybridized carbons (Fsp3) is 0.280. The quantitative estimate of drug-likeness (QED) is 0.453. The Morgan fingerprint density at radius 1 is 1.03 bits per heavy atom. The lowest BCUT2D eigenvalue weighted by Gasteiger charge is -2.13. The number of rotatable bonds is 8. The fourth-order valence-electron chi connectivity index (χ4n) is 3.79. The van der Waals surface area contributed by atoms with E-state index in [-0.39, 0.29) is 24.3 Å². The molecule has 2 heterocycles. The third kappa shape index (κ3) is 5.60. The third-order valence-electron chi connectivity index (χ3n) is 5.41. The first-order chi connectivity index (χ1) is 16.5. The number of hydrogen-bond donors (Lipinski definition) is 3. The van der Waals surface area contributed by atoms with Gasteiger partial charge in [-0.3, -0.25) is 19.4 Å². The number of ether oxygens (including phenoxy) is 1. The highest BCUT2D eigenvalue weighted by Crippen LogP contribution is 2.38. The van der Waals surface area contributed by atoms with Crippen LogP contribution in [-0.4, -0.2) is 35.9 Å². The predicted octanol–water partition coefficient (Wildman–Crippen LogP) is 4.04. The molecule has 0 unspecified atom stereocenters. The van der Waals surface area contributed by atoms with E-state index in [2.05, 4.69) is 20.9 Å².